The van der Waals surface area contributed by atoms with Crippen molar-refractivity contribution in [1.29, 1.82) is 0 Å². The van der Waals surface area contributed by atoms with Crippen LogP contribution in [0.2, 0.25) is 0 Å². The standard InChI is InChI=1S/C20H21N3O3S/c1-14-5-3-6-17(15(14)2)26-13-19(24)21-10-11-23-20(25)9-8-16(22-23)18-7-4-12-27-18/h3-9,12H,10-11,13H2,1-2H3,(H,21,24). The summed E-state index contributed by atoms with van der Waals surface area (Å²) in [6.45, 7) is 4.49. The minimum Gasteiger partial charge on any atom is -0.483 e. The van der Waals surface area contributed by atoms with Crippen LogP contribution in [-0.2, 0) is 11.3 Å². The molecule has 0 radical (unpaired) electrons. The van der Waals surface area contributed by atoms with Crippen molar-refractivity contribution in [3.63, 3.8) is 0 Å². The minimum absolute atomic E-state index is 0.0676. The number of carbonyl (C=O) groups is 1. The quantitative estimate of drug-likeness (QED) is 0.681. The maximum absolute atomic E-state index is 12.0. The average molecular weight is 383 g/mol. The Hall–Kier alpha value is -2.93. The Kier molecular flexibility index (Phi) is 6.03. The maximum Gasteiger partial charge on any atom is 0.266 e. The summed E-state index contributed by atoms with van der Waals surface area (Å²) < 4.78 is 6.94. The van der Waals surface area contributed by atoms with E-state index in [1.54, 1.807) is 17.4 Å². The maximum atomic E-state index is 12.0. The van der Waals surface area contributed by atoms with Crippen molar-refractivity contribution in [1.82, 2.24) is 15.1 Å². The van der Waals surface area contributed by atoms with Crippen LogP contribution in [-0.4, -0.2) is 28.8 Å². The zero-order chi connectivity index (χ0) is 19.2. The average Bonchev–Trinajstić information content (AvgIpc) is 3.19. The molecular formula is C20H21N3O3S. The molecule has 140 valence electrons. The fraction of sp³-hybridized carbons (Fsp3) is 0.250. The van der Waals surface area contributed by atoms with Gasteiger partial charge >= 0.3 is 0 Å². The lowest BCUT2D eigenvalue weighted by atomic mass is 10.1. The molecule has 0 unspecified atom stereocenters. The smallest absolute Gasteiger partial charge is 0.266 e. The molecule has 27 heavy (non-hydrogen) atoms. The van der Waals surface area contributed by atoms with Gasteiger partial charge in [-0.25, -0.2) is 4.68 Å². The van der Waals surface area contributed by atoms with Gasteiger partial charge in [0.2, 0.25) is 0 Å². The number of hydrogen-bond acceptors (Lipinski definition) is 5. The molecule has 3 rings (SSSR count). The highest BCUT2D eigenvalue weighted by atomic mass is 32.1. The van der Waals surface area contributed by atoms with Crippen LogP contribution < -0.4 is 15.6 Å². The second-order valence-electron chi connectivity index (χ2n) is 6.09. The molecular weight excluding hydrogens is 362 g/mol. The number of nitrogens with zero attached hydrogens (tertiary/aromatic N) is 2. The first-order valence-electron chi connectivity index (χ1n) is 8.62. The molecule has 1 N–H and O–H groups in total. The molecule has 0 atom stereocenters. The van der Waals surface area contributed by atoms with Crippen molar-refractivity contribution >= 4 is 17.2 Å². The lowest BCUT2D eigenvalue weighted by Crippen LogP contribution is -2.34. The number of benzene rings is 1. The molecule has 2 aromatic heterocycles. The Morgan fingerprint density at radius 3 is 2.81 bits per heavy atom. The molecule has 0 bridgehead atoms. The monoisotopic (exact) mass is 383 g/mol. The topological polar surface area (TPSA) is 73.2 Å². The number of aryl methyl sites for hydroxylation is 1. The van der Waals surface area contributed by atoms with Crippen molar-refractivity contribution in [2.75, 3.05) is 13.2 Å². The van der Waals surface area contributed by atoms with Gasteiger partial charge in [0, 0.05) is 12.6 Å². The van der Waals surface area contributed by atoms with Gasteiger partial charge in [0.25, 0.3) is 11.5 Å². The Morgan fingerprint density at radius 2 is 2.04 bits per heavy atom. The highest BCUT2D eigenvalue weighted by molar-refractivity contribution is 7.13. The first-order valence-corrected chi connectivity index (χ1v) is 9.50. The van der Waals surface area contributed by atoms with Crippen LogP contribution in [0, 0.1) is 13.8 Å². The van der Waals surface area contributed by atoms with Crippen LogP contribution in [0.25, 0.3) is 10.6 Å². The number of thiophene rings is 1. The third-order valence-electron chi connectivity index (χ3n) is 4.20. The van der Waals surface area contributed by atoms with Gasteiger partial charge < -0.3 is 10.1 Å². The van der Waals surface area contributed by atoms with E-state index < -0.39 is 0 Å². The van der Waals surface area contributed by atoms with Crippen LogP contribution in [0.5, 0.6) is 5.75 Å². The molecule has 3 aromatic rings. The number of hydrogen-bond donors (Lipinski definition) is 1. The summed E-state index contributed by atoms with van der Waals surface area (Å²) in [5.41, 5.74) is 2.68. The van der Waals surface area contributed by atoms with Crippen LogP contribution in [0.3, 0.4) is 0 Å². The molecule has 0 aliphatic heterocycles. The van der Waals surface area contributed by atoms with E-state index in [1.165, 1.54) is 10.7 Å². The summed E-state index contributed by atoms with van der Waals surface area (Å²) in [6.07, 6.45) is 0. The van der Waals surface area contributed by atoms with Crippen molar-refractivity contribution in [3.05, 3.63) is 69.3 Å². The molecule has 1 amide bonds. The highest BCUT2D eigenvalue weighted by Gasteiger charge is 2.07. The van der Waals surface area contributed by atoms with E-state index in [4.69, 9.17) is 4.74 Å². The minimum atomic E-state index is -0.238. The van der Waals surface area contributed by atoms with Crippen molar-refractivity contribution in [2.45, 2.75) is 20.4 Å². The second kappa shape index (κ2) is 8.64. The zero-order valence-corrected chi connectivity index (χ0v) is 16.1. The molecule has 1 aromatic carbocycles. The van der Waals surface area contributed by atoms with E-state index in [0.717, 1.165) is 21.7 Å². The lowest BCUT2D eigenvalue weighted by Gasteiger charge is -2.11. The van der Waals surface area contributed by atoms with E-state index in [0.29, 0.717) is 18.8 Å². The van der Waals surface area contributed by atoms with Crippen LogP contribution in [0.4, 0.5) is 0 Å². The first-order chi connectivity index (χ1) is 13.0. The number of amides is 1. The molecule has 0 saturated carbocycles. The van der Waals surface area contributed by atoms with Crippen LogP contribution in [0.1, 0.15) is 11.1 Å². The summed E-state index contributed by atoms with van der Waals surface area (Å²) in [5, 5.41) is 9.08. The van der Waals surface area contributed by atoms with Crippen molar-refractivity contribution < 1.29 is 9.53 Å². The number of ether oxygens (including phenoxy) is 1. The molecule has 0 fully saturated rings. The molecule has 0 aliphatic rings. The first kappa shape index (κ1) is 18.8. The lowest BCUT2D eigenvalue weighted by molar-refractivity contribution is -0.123. The Bertz CT molecular complexity index is 980. The fourth-order valence-corrected chi connectivity index (χ4v) is 3.23. The van der Waals surface area contributed by atoms with E-state index in [1.807, 2.05) is 49.6 Å². The third kappa shape index (κ3) is 4.83. The van der Waals surface area contributed by atoms with Crippen LogP contribution in [0.15, 0.2) is 52.6 Å². The fourth-order valence-electron chi connectivity index (χ4n) is 2.54. The summed E-state index contributed by atoms with van der Waals surface area (Å²) in [4.78, 5) is 25.0. The van der Waals surface area contributed by atoms with Gasteiger partial charge in [-0.1, -0.05) is 18.2 Å². The number of aromatic nitrogens is 2. The molecule has 6 nitrogen and oxygen atoms in total. The van der Waals surface area contributed by atoms with E-state index >= 15 is 0 Å². The van der Waals surface area contributed by atoms with Crippen molar-refractivity contribution in [3.8, 4) is 16.3 Å². The Morgan fingerprint density at radius 1 is 1.19 bits per heavy atom. The van der Waals surface area contributed by atoms with E-state index in [9.17, 15) is 9.59 Å². The summed E-state index contributed by atoms with van der Waals surface area (Å²) >= 11 is 1.56. The molecule has 2 heterocycles. The Balaban J connectivity index is 1.52. The van der Waals surface area contributed by atoms with Crippen molar-refractivity contribution in [2.24, 2.45) is 0 Å². The predicted molar refractivity (Wildman–Crippen MR) is 106 cm³/mol. The van der Waals surface area contributed by atoms with E-state index in [-0.39, 0.29) is 18.1 Å². The Labute approximate surface area is 161 Å². The summed E-state index contributed by atoms with van der Waals surface area (Å²) in [6, 6.07) is 12.8. The molecule has 0 saturated heterocycles. The van der Waals surface area contributed by atoms with Gasteiger partial charge in [0.1, 0.15) is 11.4 Å². The summed E-state index contributed by atoms with van der Waals surface area (Å²) in [7, 11) is 0. The SMILES string of the molecule is Cc1cccc(OCC(=O)NCCn2nc(-c3cccs3)ccc2=O)c1C. The largest absolute Gasteiger partial charge is 0.483 e. The third-order valence-corrected chi connectivity index (χ3v) is 5.09. The van der Waals surface area contributed by atoms with Gasteiger partial charge in [-0.15, -0.1) is 11.3 Å². The van der Waals surface area contributed by atoms with E-state index in [2.05, 4.69) is 10.4 Å². The molecule has 0 spiro atoms. The van der Waals surface area contributed by atoms with Gasteiger partial charge in [0.05, 0.1) is 11.4 Å². The molecule has 7 heteroatoms. The predicted octanol–water partition coefficient (Wildman–Crippen LogP) is 2.78. The zero-order valence-electron chi connectivity index (χ0n) is 15.3. The van der Waals surface area contributed by atoms with Gasteiger partial charge in [-0.05, 0) is 48.6 Å². The van der Waals surface area contributed by atoms with Gasteiger partial charge in [0.15, 0.2) is 6.61 Å². The molecule has 0 aliphatic carbocycles. The number of carbonyl (C=O) groups excluding carboxylic acids is 1. The normalized spacial score (nSPS) is 10.6. The second-order valence-corrected chi connectivity index (χ2v) is 7.04. The number of nitrogens with one attached hydrogen (secondary N) is 1. The van der Waals surface area contributed by atoms with Gasteiger partial charge in [-0.3, -0.25) is 9.59 Å². The summed E-state index contributed by atoms with van der Waals surface area (Å²) in [5.74, 6) is 0.463. The van der Waals surface area contributed by atoms with Crippen LogP contribution >= 0.6 is 11.3 Å². The van der Waals surface area contributed by atoms with Gasteiger partial charge in [-0.2, -0.15) is 5.10 Å². The highest BCUT2D eigenvalue weighted by Crippen LogP contribution is 2.21. The number of rotatable bonds is 7.